The minimum atomic E-state index is -0.496. The molecule has 0 amide bonds. The lowest BCUT2D eigenvalue weighted by Gasteiger charge is -2.34. The second kappa shape index (κ2) is 13.3. The molecule has 4 nitrogen and oxygen atoms in total. The summed E-state index contributed by atoms with van der Waals surface area (Å²) in [4.78, 5) is 0. The predicted octanol–water partition coefficient (Wildman–Crippen LogP) is 8.63. The van der Waals surface area contributed by atoms with Crippen LogP contribution in [-0.4, -0.2) is 36.6 Å². The predicted molar refractivity (Wildman–Crippen MR) is 189 cm³/mol. The van der Waals surface area contributed by atoms with Gasteiger partial charge >= 0.3 is 0 Å². The minimum absolute atomic E-state index is 0.0481. The highest BCUT2D eigenvalue weighted by Gasteiger charge is 2.45. The number of aliphatic hydroxyl groups is 2. The zero-order valence-corrected chi connectivity index (χ0v) is 26.5. The summed E-state index contributed by atoms with van der Waals surface area (Å²) in [6, 6.07) is 49.3. The molecule has 2 N–H and O–H groups in total. The van der Waals surface area contributed by atoms with E-state index in [1.807, 2.05) is 24.3 Å². The smallest absolute Gasteiger partial charge is 0.127 e. The Hall–Kier alpha value is -5.16. The maximum atomic E-state index is 9.58. The lowest BCUT2D eigenvalue weighted by molar-refractivity contribution is 0.202. The van der Waals surface area contributed by atoms with E-state index in [0.29, 0.717) is 6.42 Å². The van der Waals surface area contributed by atoms with Crippen LogP contribution in [0.25, 0.3) is 33.4 Å². The van der Waals surface area contributed by atoms with Gasteiger partial charge in [-0.3, -0.25) is 0 Å². The first-order valence-electron chi connectivity index (χ1n) is 16.2. The molecular formula is C43H38O4. The van der Waals surface area contributed by atoms with Gasteiger partial charge in [0.05, 0.1) is 18.6 Å². The second-order valence-corrected chi connectivity index (χ2v) is 12.1. The van der Waals surface area contributed by atoms with Crippen molar-refractivity contribution in [1.82, 2.24) is 0 Å². The second-order valence-electron chi connectivity index (χ2n) is 12.1. The molecule has 0 atom stereocenters. The van der Waals surface area contributed by atoms with Crippen molar-refractivity contribution in [3.63, 3.8) is 0 Å². The van der Waals surface area contributed by atoms with E-state index in [4.69, 9.17) is 9.47 Å². The van der Waals surface area contributed by atoms with Gasteiger partial charge in [0.25, 0.3) is 0 Å². The van der Waals surface area contributed by atoms with E-state index in [2.05, 4.69) is 122 Å². The van der Waals surface area contributed by atoms with Crippen molar-refractivity contribution < 1.29 is 19.7 Å². The van der Waals surface area contributed by atoms with Crippen LogP contribution in [0.2, 0.25) is 0 Å². The fraction of sp³-hybridized carbons (Fsp3) is 0.163. The van der Waals surface area contributed by atoms with E-state index in [-0.39, 0.29) is 26.4 Å². The first kappa shape index (κ1) is 30.5. The number of benzene rings is 6. The molecule has 0 spiro atoms. The highest BCUT2D eigenvalue weighted by molar-refractivity contribution is 5.85. The number of aliphatic hydroxyl groups excluding tert-OH is 2. The maximum absolute atomic E-state index is 9.58. The number of rotatable bonds is 11. The summed E-state index contributed by atoms with van der Waals surface area (Å²) in [6.07, 6.45) is 0.714. The molecule has 234 valence electrons. The van der Waals surface area contributed by atoms with E-state index in [1.54, 1.807) is 0 Å². The largest absolute Gasteiger partial charge is 0.491 e. The van der Waals surface area contributed by atoms with Crippen molar-refractivity contribution in [1.29, 1.82) is 0 Å². The summed E-state index contributed by atoms with van der Waals surface area (Å²) in [5.74, 6) is 1.50. The highest BCUT2D eigenvalue weighted by atomic mass is 16.5. The molecule has 1 aliphatic rings. The van der Waals surface area contributed by atoms with Crippen LogP contribution in [0, 0.1) is 6.92 Å². The van der Waals surface area contributed by atoms with Gasteiger partial charge < -0.3 is 19.7 Å². The summed E-state index contributed by atoms with van der Waals surface area (Å²) in [7, 11) is 0. The molecule has 0 heterocycles. The van der Waals surface area contributed by atoms with Crippen LogP contribution in [0.1, 0.15) is 27.8 Å². The fourth-order valence-electron chi connectivity index (χ4n) is 7.08. The maximum Gasteiger partial charge on any atom is 0.127 e. The normalized spacial score (nSPS) is 12.7. The van der Waals surface area contributed by atoms with Crippen LogP contribution in [0.5, 0.6) is 11.5 Å². The Kier molecular flexibility index (Phi) is 8.62. The molecular weight excluding hydrogens is 580 g/mol. The van der Waals surface area contributed by atoms with Gasteiger partial charge in [-0.15, -0.1) is 0 Å². The molecule has 6 aromatic carbocycles. The van der Waals surface area contributed by atoms with E-state index < -0.39 is 5.41 Å². The molecule has 0 fully saturated rings. The standard InChI is InChI=1S/C43H38O4/c1-30-15-18-33(19-16-30)37-27-31(17-21-41(37)46-25-23-44)29-43(39-13-7-5-11-35(39)36-12-6-8-14-40(36)43)34-20-22-42(47-26-24-45)38(28-34)32-9-3-2-4-10-32/h2-22,27-28,44-45H,23-26,29H2,1H3. The van der Waals surface area contributed by atoms with Crippen LogP contribution < -0.4 is 9.47 Å². The highest BCUT2D eigenvalue weighted by Crippen LogP contribution is 2.55. The molecule has 0 unspecified atom stereocenters. The number of fused-ring (bicyclic) bond motifs is 3. The Morgan fingerprint density at radius 3 is 1.66 bits per heavy atom. The molecule has 0 saturated carbocycles. The van der Waals surface area contributed by atoms with Crippen LogP contribution >= 0.6 is 0 Å². The van der Waals surface area contributed by atoms with Crippen molar-refractivity contribution in [2.45, 2.75) is 18.8 Å². The van der Waals surface area contributed by atoms with E-state index in [9.17, 15) is 10.2 Å². The third-order valence-electron chi connectivity index (χ3n) is 9.19. The Morgan fingerprint density at radius 1 is 0.511 bits per heavy atom. The molecule has 6 aromatic rings. The number of ether oxygens (including phenoxy) is 2. The molecule has 4 heteroatoms. The Labute approximate surface area is 276 Å². The van der Waals surface area contributed by atoms with E-state index >= 15 is 0 Å². The molecule has 47 heavy (non-hydrogen) atoms. The van der Waals surface area contributed by atoms with Crippen molar-refractivity contribution in [3.8, 4) is 44.9 Å². The first-order valence-corrected chi connectivity index (χ1v) is 16.2. The van der Waals surface area contributed by atoms with Gasteiger partial charge in [-0.05, 0) is 82.1 Å². The molecule has 0 saturated heterocycles. The average Bonchev–Trinajstić information content (AvgIpc) is 3.41. The number of aryl methyl sites for hydroxylation is 1. The summed E-state index contributed by atoms with van der Waals surface area (Å²) < 4.78 is 12.1. The summed E-state index contributed by atoms with van der Waals surface area (Å²) in [6.45, 7) is 2.44. The van der Waals surface area contributed by atoms with Crippen molar-refractivity contribution >= 4 is 0 Å². The van der Waals surface area contributed by atoms with Crippen LogP contribution in [0.4, 0.5) is 0 Å². The Bertz CT molecular complexity index is 1950. The zero-order chi connectivity index (χ0) is 32.2. The molecule has 7 rings (SSSR count). The molecule has 1 aliphatic carbocycles. The molecule has 0 aliphatic heterocycles. The van der Waals surface area contributed by atoms with Crippen LogP contribution in [0.15, 0.2) is 140 Å². The Balaban J connectivity index is 1.45. The third kappa shape index (κ3) is 5.71. The summed E-state index contributed by atoms with van der Waals surface area (Å²) >= 11 is 0. The number of hydrogen-bond acceptors (Lipinski definition) is 4. The van der Waals surface area contributed by atoms with Gasteiger partial charge in [-0.1, -0.05) is 121 Å². The van der Waals surface area contributed by atoms with Crippen molar-refractivity contribution in [2.75, 3.05) is 26.4 Å². The van der Waals surface area contributed by atoms with Crippen LogP contribution in [-0.2, 0) is 11.8 Å². The van der Waals surface area contributed by atoms with Gasteiger partial charge in [0.2, 0.25) is 0 Å². The first-order chi connectivity index (χ1) is 23.1. The third-order valence-corrected chi connectivity index (χ3v) is 9.19. The monoisotopic (exact) mass is 618 g/mol. The minimum Gasteiger partial charge on any atom is -0.491 e. The quantitative estimate of drug-likeness (QED) is 0.153. The Morgan fingerprint density at radius 2 is 1.04 bits per heavy atom. The van der Waals surface area contributed by atoms with E-state index in [0.717, 1.165) is 33.8 Å². The van der Waals surface area contributed by atoms with Gasteiger partial charge in [0.1, 0.15) is 24.7 Å². The van der Waals surface area contributed by atoms with E-state index in [1.165, 1.54) is 38.9 Å². The fourth-order valence-corrected chi connectivity index (χ4v) is 7.08. The average molecular weight is 619 g/mol. The number of hydrogen-bond donors (Lipinski definition) is 2. The van der Waals surface area contributed by atoms with Gasteiger partial charge in [-0.2, -0.15) is 0 Å². The van der Waals surface area contributed by atoms with Crippen LogP contribution in [0.3, 0.4) is 0 Å². The lowest BCUT2D eigenvalue weighted by atomic mass is 9.68. The van der Waals surface area contributed by atoms with Gasteiger partial charge in [-0.25, -0.2) is 0 Å². The summed E-state index contributed by atoms with van der Waals surface area (Å²) in [5.41, 5.74) is 12.2. The summed E-state index contributed by atoms with van der Waals surface area (Å²) in [5, 5.41) is 19.1. The topological polar surface area (TPSA) is 58.9 Å². The van der Waals surface area contributed by atoms with Crippen molar-refractivity contribution in [3.05, 3.63) is 167 Å². The van der Waals surface area contributed by atoms with Gasteiger partial charge in [0.15, 0.2) is 0 Å². The molecule has 0 bridgehead atoms. The molecule has 0 radical (unpaired) electrons. The molecule has 0 aromatic heterocycles. The van der Waals surface area contributed by atoms with Crippen molar-refractivity contribution in [2.24, 2.45) is 0 Å². The lowest BCUT2D eigenvalue weighted by Crippen LogP contribution is -2.30. The SMILES string of the molecule is Cc1ccc(-c2cc(CC3(c4ccc(OCCO)c(-c5ccccc5)c4)c4ccccc4-c4ccccc43)ccc2OCCO)cc1. The zero-order valence-electron chi connectivity index (χ0n) is 26.5. The van der Waals surface area contributed by atoms with Gasteiger partial charge in [0, 0.05) is 11.1 Å².